The lowest BCUT2D eigenvalue weighted by atomic mass is 10.2. The first-order valence-corrected chi connectivity index (χ1v) is 5.69. The quantitative estimate of drug-likeness (QED) is 0.475. The zero-order valence-electron chi connectivity index (χ0n) is 10.6. The Hall–Kier alpha value is -2.89. The Labute approximate surface area is 114 Å². The lowest BCUT2D eigenvalue weighted by Gasteiger charge is -2.07. The second kappa shape index (κ2) is 5.83. The molecule has 2 aromatic carbocycles. The summed E-state index contributed by atoms with van der Waals surface area (Å²) in [7, 11) is 1.36. The highest BCUT2D eigenvalue weighted by atomic mass is 16.6. The van der Waals surface area contributed by atoms with Gasteiger partial charge in [0, 0.05) is 5.56 Å². The number of nitrogens with zero attached hydrogens (tertiary/aromatic N) is 1. The van der Waals surface area contributed by atoms with Crippen molar-refractivity contribution < 1.29 is 19.2 Å². The third-order valence-electron chi connectivity index (χ3n) is 2.58. The number of hydrogen-bond donors (Lipinski definition) is 0. The van der Waals surface area contributed by atoms with Crippen molar-refractivity contribution in [3.63, 3.8) is 0 Å². The van der Waals surface area contributed by atoms with Gasteiger partial charge in [-0.25, -0.2) is 0 Å². The van der Waals surface area contributed by atoms with Gasteiger partial charge >= 0.3 is 5.69 Å². The van der Waals surface area contributed by atoms with Crippen LogP contribution in [0.1, 0.15) is 10.4 Å². The predicted octanol–water partition coefficient (Wildman–Crippen LogP) is 3.21. The number of methoxy groups -OCH3 is 1. The van der Waals surface area contributed by atoms with Crippen LogP contribution in [0.5, 0.6) is 17.2 Å². The Balaban J connectivity index is 2.31. The minimum Gasteiger partial charge on any atom is -0.490 e. The van der Waals surface area contributed by atoms with Crippen LogP contribution in [0, 0.1) is 10.1 Å². The average Bonchev–Trinajstić information content (AvgIpc) is 2.47. The van der Waals surface area contributed by atoms with Crippen LogP contribution >= 0.6 is 0 Å². The molecule has 0 fully saturated rings. The van der Waals surface area contributed by atoms with Crippen molar-refractivity contribution in [3.05, 3.63) is 58.1 Å². The van der Waals surface area contributed by atoms with E-state index in [1.54, 1.807) is 30.3 Å². The van der Waals surface area contributed by atoms with E-state index in [0.29, 0.717) is 23.3 Å². The molecule has 6 heteroatoms. The Morgan fingerprint density at radius 1 is 1.15 bits per heavy atom. The number of carbonyl (C=O) groups is 1. The van der Waals surface area contributed by atoms with Crippen molar-refractivity contribution in [1.29, 1.82) is 0 Å². The number of aldehydes is 1. The van der Waals surface area contributed by atoms with E-state index < -0.39 is 4.92 Å². The Morgan fingerprint density at radius 2 is 1.90 bits per heavy atom. The lowest BCUT2D eigenvalue weighted by Crippen LogP contribution is -1.94. The zero-order valence-corrected chi connectivity index (χ0v) is 10.6. The van der Waals surface area contributed by atoms with Gasteiger partial charge in [-0.15, -0.1) is 0 Å². The standard InChI is InChI=1S/C14H11NO5/c1-19-14-6-5-12(8-13(14)15(17)18)20-11-4-2-3-10(7-11)9-16/h2-9H,1H3. The molecule has 0 aliphatic rings. The molecule has 0 spiro atoms. The Morgan fingerprint density at radius 3 is 2.55 bits per heavy atom. The van der Waals surface area contributed by atoms with Crippen LogP contribution in [0.15, 0.2) is 42.5 Å². The summed E-state index contributed by atoms with van der Waals surface area (Å²) in [6, 6.07) is 10.8. The van der Waals surface area contributed by atoms with Crippen molar-refractivity contribution >= 4 is 12.0 Å². The molecule has 0 N–H and O–H groups in total. The summed E-state index contributed by atoms with van der Waals surface area (Å²) in [5, 5.41) is 10.9. The fraction of sp³-hybridized carbons (Fsp3) is 0.0714. The predicted molar refractivity (Wildman–Crippen MR) is 71.6 cm³/mol. The van der Waals surface area contributed by atoms with Crippen LogP contribution in [0.3, 0.4) is 0 Å². The van der Waals surface area contributed by atoms with Crippen molar-refractivity contribution in [2.45, 2.75) is 0 Å². The second-order valence-corrected chi connectivity index (χ2v) is 3.88. The van der Waals surface area contributed by atoms with Gasteiger partial charge in [-0.05, 0) is 24.3 Å². The molecule has 0 aliphatic heterocycles. The second-order valence-electron chi connectivity index (χ2n) is 3.88. The molecule has 0 amide bonds. The van der Waals surface area contributed by atoms with Crippen LogP contribution < -0.4 is 9.47 Å². The maximum atomic E-state index is 10.9. The van der Waals surface area contributed by atoms with E-state index in [0.717, 1.165) is 0 Å². The summed E-state index contributed by atoms with van der Waals surface area (Å²) >= 11 is 0. The van der Waals surface area contributed by atoms with E-state index >= 15 is 0 Å². The van der Waals surface area contributed by atoms with Gasteiger partial charge in [0.2, 0.25) is 0 Å². The number of nitro groups is 1. The number of ether oxygens (including phenoxy) is 2. The Bertz CT molecular complexity index is 654. The molecule has 0 aromatic heterocycles. The third kappa shape index (κ3) is 2.92. The molecule has 0 saturated heterocycles. The van der Waals surface area contributed by atoms with E-state index in [2.05, 4.69) is 0 Å². The molecule has 0 atom stereocenters. The average molecular weight is 273 g/mol. The molecular weight excluding hydrogens is 262 g/mol. The van der Waals surface area contributed by atoms with E-state index in [4.69, 9.17) is 9.47 Å². The molecule has 102 valence electrons. The van der Waals surface area contributed by atoms with Crippen LogP contribution in [0.2, 0.25) is 0 Å². The first-order valence-electron chi connectivity index (χ1n) is 5.69. The highest BCUT2D eigenvalue weighted by Gasteiger charge is 2.16. The van der Waals surface area contributed by atoms with Gasteiger partial charge < -0.3 is 9.47 Å². The maximum Gasteiger partial charge on any atom is 0.314 e. The van der Waals surface area contributed by atoms with Crippen molar-refractivity contribution in [3.8, 4) is 17.2 Å². The number of nitro benzene ring substituents is 1. The summed E-state index contributed by atoms with van der Waals surface area (Å²) in [6.45, 7) is 0. The monoisotopic (exact) mass is 273 g/mol. The maximum absolute atomic E-state index is 10.9. The molecule has 6 nitrogen and oxygen atoms in total. The number of hydrogen-bond acceptors (Lipinski definition) is 5. The van der Waals surface area contributed by atoms with Gasteiger partial charge in [-0.1, -0.05) is 12.1 Å². The molecule has 0 saturated carbocycles. The van der Waals surface area contributed by atoms with Gasteiger partial charge in [0.1, 0.15) is 17.8 Å². The summed E-state index contributed by atoms with van der Waals surface area (Å²) in [5.74, 6) is 0.874. The minimum absolute atomic E-state index is 0.156. The van der Waals surface area contributed by atoms with Crippen LogP contribution in [-0.4, -0.2) is 18.3 Å². The smallest absolute Gasteiger partial charge is 0.314 e. The van der Waals surface area contributed by atoms with Gasteiger partial charge in [0.05, 0.1) is 18.1 Å². The topological polar surface area (TPSA) is 78.7 Å². The van der Waals surface area contributed by atoms with E-state index in [1.165, 1.54) is 19.2 Å². The lowest BCUT2D eigenvalue weighted by molar-refractivity contribution is -0.385. The molecule has 0 bridgehead atoms. The van der Waals surface area contributed by atoms with Crippen LogP contribution in [0.4, 0.5) is 5.69 Å². The summed E-state index contributed by atoms with van der Waals surface area (Å²) < 4.78 is 10.4. The molecule has 20 heavy (non-hydrogen) atoms. The highest BCUT2D eigenvalue weighted by molar-refractivity contribution is 5.75. The molecule has 0 unspecified atom stereocenters. The van der Waals surface area contributed by atoms with E-state index in [-0.39, 0.29) is 11.4 Å². The van der Waals surface area contributed by atoms with E-state index in [9.17, 15) is 14.9 Å². The number of rotatable bonds is 5. The van der Waals surface area contributed by atoms with Crippen molar-refractivity contribution in [2.75, 3.05) is 7.11 Å². The molecule has 0 radical (unpaired) electrons. The molecular formula is C14H11NO5. The Kier molecular flexibility index (Phi) is 3.95. The van der Waals surface area contributed by atoms with Crippen LogP contribution in [-0.2, 0) is 0 Å². The first kappa shape index (κ1) is 13.5. The van der Waals surface area contributed by atoms with E-state index in [1.807, 2.05) is 0 Å². The molecule has 0 heterocycles. The largest absolute Gasteiger partial charge is 0.490 e. The molecule has 2 rings (SSSR count). The van der Waals surface area contributed by atoms with Crippen molar-refractivity contribution in [1.82, 2.24) is 0 Å². The molecule has 0 aliphatic carbocycles. The normalized spacial score (nSPS) is 9.85. The summed E-state index contributed by atoms with van der Waals surface area (Å²) in [6.07, 6.45) is 0.698. The highest BCUT2D eigenvalue weighted by Crippen LogP contribution is 2.32. The molecule has 2 aromatic rings. The summed E-state index contributed by atoms with van der Waals surface area (Å²) in [5.41, 5.74) is 0.280. The fourth-order valence-electron chi connectivity index (χ4n) is 1.66. The summed E-state index contributed by atoms with van der Waals surface area (Å²) in [4.78, 5) is 21.0. The van der Waals surface area contributed by atoms with Crippen LogP contribution in [0.25, 0.3) is 0 Å². The van der Waals surface area contributed by atoms with Crippen molar-refractivity contribution in [2.24, 2.45) is 0 Å². The van der Waals surface area contributed by atoms with Gasteiger partial charge in [0.15, 0.2) is 5.75 Å². The third-order valence-corrected chi connectivity index (χ3v) is 2.58. The van der Waals surface area contributed by atoms with Gasteiger partial charge in [-0.2, -0.15) is 0 Å². The fourth-order valence-corrected chi connectivity index (χ4v) is 1.66. The number of benzene rings is 2. The number of carbonyl (C=O) groups excluding carboxylic acids is 1. The van der Waals surface area contributed by atoms with Gasteiger partial charge in [0.25, 0.3) is 0 Å². The SMILES string of the molecule is COc1ccc(Oc2cccc(C=O)c2)cc1[N+](=O)[O-]. The zero-order chi connectivity index (χ0) is 14.5. The van der Waals surface area contributed by atoms with Gasteiger partial charge in [-0.3, -0.25) is 14.9 Å². The first-order chi connectivity index (χ1) is 9.63. The minimum atomic E-state index is -0.548.